The van der Waals surface area contributed by atoms with Gasteiger partial charge in [-0.15, -0.1) is 0 Å². The van der Waals surface area contributed by atoms with Crippen LogP contribution in [0.4, 0.5) is 0 Å². The average molecular weight is 482 g/mol. The van der Waals surface area contributed by atoms with Crippen molar-refractivity contribution in [2.75, 3.05) is 66.2 Å². The summed E-state index contributed by atoms with van der Waals surface area (Å²) in [5.74, 6) is 0.221. The van der Waals surface area contributed by atoms with Crippen LogP contribution in [0.3, 0.4) is 0 Å². The van der Waals surface area contributed by atoms with Gasteiger partial charge in [0.25, 0.3) is 0 Å². The molecule has 2 saturated heterocycles. The molecule has 1 N–H and O–H groups in total. The van der Waals surface area contributed by atoms with Gasteiger partial charge in [0.15, 0.2) is 0 Å². The maximum Gasteiger partial charge on any atom is 0.234 e. The average Bonchev–Trinajstić information content (AvgIpc) is 2.78. The summed E-state index contributed by atoms with van der Waals surface area (Å²) in [5.41, 5.74) is 0.552. The Morgan fingerprint density at radius 3 is 2.43 bits per heavy atom. The normalized spacial score (nSPS) is 19.5. The number of carbonyl (C=O) groups excluding carboxylic acids is 2. The van der Waals surface area contributed by atoms with E-state index in [1.165, 1.54) is 0 Å². The van der Waals surface area contributed by atoms with Crippen molar-refractivity contribution in [3.63, 3.8) is 0 Å². The second kappa shape index (κ2) is 11.2. The highest BCUT2D eigenvalue weighted by Gasteiger charge is 2.44. The number of benzene rings is 1. The molecular formula is C22H32BrN3O4. The van der Waals surface area contributed by atoms with Gasteiger partial charge in [-0.1, -0.05) is 28.1 Å². The van der Waals surface area contributed by atoms with E-state index in [0.717, 1.165) is 16.5 Å². The Hall–Kier alpha value is -1.48. The number of nitrogens with one attached hydrogen (secondary N) is 1. The molecule has 0 unspecified atom stereocenters. The van der Waals surface area contributed by atoms with Gasteiger partial charge in [0.2, 0.25) is 11.8 Å². The van der Waals surface area contributed by atoms with Crippen LogP contribution < -0.4 is 5.32 Å². The second-order valence-corrected chi connectivity index (χ2v) is 8.88. The van der Waals surface area contributed by atoms with Crippen molar-refractivity contribution in [2.24, 2.45) is 0 Å². The lowest BCUT2D eigenvalue weighted by molar-refractivity contribution is -0.143. The van der Waals surface area contributed by atoms with Crippen LogP contribution in [0.1, 0.15) is 24.8 Å². The molecule has 0 bridgehead atoms. The zero-order chi connectivity index (χ0) is 21.4. The lowest BCUT2D eigenvalue weighted by Gasteiger charge is -2.43. The third-order valence-corrected chi connectivity index (χ3v) is 6.56. The maximum absolute atomic E-state index is 13.6. The smallest absolute Gasteiger partial charge is 0.234 e. The first-order valence-electron chi connectivity index (χ1n) is 10.7. The molecule has 8 heteroatoms. The van der Waals surface area contributed by atoms with Crippen molar-refractivity contribution >= 4 is 27.7 Å². The number of carbonyl (C=O) groups is 2. The number of rotatable bonds is 8. The van der Waals surface area contributed by atoms with E-state index in [-0.39, 0.29) is 11.8 Å². The maximum atomic E-state index is 13.6. The zero-order valence-electron chi connectivity index (χ0n) is 17.7. The Morgan fingerprint density at radius 1 is 1.13 bits per heavy atom. The molecule has 0 aliphatic carbocycles. The molecule has 0 aromatic heterocycles. The minimum Gasteiger partial charge on any atom is -0.385 e. The van der Waals surface area contributed by atoms with E-state index >= 15 is 0 Å². The Bertz CT molecular complexity index is 699. The molecule has 3 rings (SSSR count). The van der Waals surface area contributed by atoms with Gasteiger partial charge in [0, 0.05) is 64.1 Å². The highest BCUT2D eigenvalue weighted by molar-refractivity contribution is 9.10. The van der Waals surface area contributed by atoms with E-state index in [2.05, 4.69) is 38.3 Å². The number of ether oxygens (including phenoxy) is 2. The summed E-state index contributed by atoms with van der Waals surface area (Å²) < 4.78 is 11.6. The predicted octanol–water partition coefficient (Wildman–Crippen LogP) is 1.79. The third kappa shape index (κ3) is 5.81. The Morgan fingerprint density at radius 2 is 1.80 bits per heavy atom. The van der Waals surface area contributed by atoms with Gasteiger partial charge in [-0.25, -0.2) is 0 Å². The number of piperazine rings is 1. The van der Waals surface area contributed by atoms with Gasteiger partial charge in [0.1, 0.15) is 0 Å². The topological polar surface area (TPSA) is 71.1 Å². The number of nitrogens with zero attached hydrogens (tertiary/aromatic N) is 2. The van der Waals surface area contributed by atoms with Gasteiger partial charge in [-0.3, -0.25) is 14.5 Å². The van der Waals surface area contributed by atoms with Crippen LogP contribution in [-0.4, -0.2) is 87.8 Å². The van der Waals surface area contributed by atoms with Crippen LogP contribution in [0.25, 0.3) is 0 Å². The van der Waals surface area contributed by atoms with Gasteiger partial charge in [0.05, 0.1) is 12.0 Å². The minimum absolute atomic E-state index is 0.0293. The van der Waals surface area contributed by atoms with Crippen molar-refractivity contribution in [3.8, 4) is 0 Å². The van der Waals surface area contributed by atoms with E-state index in [1.54, 1.807) is 7.11 Å². The SMILES string of the molecule is COCCCNC(=O)CN1CCN(C(=O)C2(c3ccc(Br)cc3)CCOCC2)CC1. The molecule has 2 heterocycles. The first-order chi connectivity index (χ1) is 14.5. The molecule has 1 aromatic carbocycles. The summed E-state index contributed by atoms with van der Waals surface area (Å²) in [6, 6.07) is 8.11. The Labute approximate surface area is 187 Å². The number of hydrogen-bond donors (Lipinski definition) is 1. The lowest BCUT2D eigenvalue weighted by atomic mass is 9.73. The van der Waals surface area contributed by atoms with Crippen molar-refractivity contribution in [2.45, 2.75) is 24.7 Å². The Kier molecular flexibility index (Phi) is 8.68. The summed E-state index contributed by atoms with van der Waals surface area (Å²) in [5, 5.41) is 2.92. The highest BCUT2D eigenvalue weighted by atomic mass is 79.9. The highest BCUT2D eigenvalue weighted by Crippen LogP contribution is 2.37. The molecule has 0 radical (unpaired) electrons. The van der Waals surface area contributed by atoms with Crippen molar-refractivity contribution < 1.29 is 19.1 Å². The van der Waals surface area contributed by atoms with E-state index in [9.17, 15) is 9.59 Å². The van der Waals surface area contributed by atoms with Gasteiger partial charge in [-0.2, -0.15) is 0 Å². The molecule has 30 heavy (non-hydrogen) atoms. The van der Waals surface area contributed by atoms with E-state index < -0.39 is 5.41 Å². The number of methoxy groups -OCH3 is 1. The van der Waals surface area contributed by atoms with E-state index in [4.69, 9.17) is 9.47 Å². The van der Waals surface area contributed by atoms with Gasteiger partial charge < -0.3 is 19.7 Å². The predicted molar refractivity (Wildman–Crippen MR) is 118 cm³/mol. The molecule has 7 nitrogen and oxygen atoms in total. The standard InChI is InChI=1S/C22H32BrN3O4/c1-29-14-2-9-24-20(27)17-25-10-12-26(13-11-25)21(28)22(7-15-30-16-8-22)18-3-5-19(23)6-4-18/h3-6H,2,7-17H2,1H3,(H,24,27). The molecule has 0 spiro atoms. The molecule has 166 valence electrons. The molecule has 2 aliphatic heterocycles. The van der Waals surface area contributed by atoms with Crippen LogP contribution in [0, 0.1) is 0 Å². The van der Waals surface area contributed by atoms with E-state index in [1.807, 2.05) is 17.0 Å². The zero-order valence-corrected chi connectivity index (χ0v) is 19.3. The molecule has 2 aliphatic rings. The van der Waals surface area contributed by atoms with Crippen LogP contribution in [0.15, 0.2) is 28.7 Å². The second-order valence-electron chi connectivity index (χ2n) is 7.97. The van der Waals surface area contributed by atoms with Crippen LogP contribution in [-0.2, 0) is 24.5 Å². The number of hydrogen-bond acceptors (Lipinski definition) is 5. The first kappa shape index (κ1) is 23.2. The van der Waals surface area contributed by atoms with Crippen molar-refractivity contribution in [1.82, 2.24) is 15.1 Å². The van der Waals surface area contributed by atoms with Crippen LogP contribution >= 0.6 is 15.9 Å². The van der Waals surface area contributed by atoms with Crippen LogP contribution in [0.2, 0.25) is 0 Å². The summed E-state index contributed by atoms with van der Waals surface area (Å²) in [6.45, 7) is 5.57. The largest absolute Gasteiger partial charge is 0.385 e. The van der Waals surface area contributed by atoms with Crippen molar-refractivity contribution in [3.05, 3.63) is 34.3 Å². The summed E-state index contributed by atoms with van der Waals surface area (Å²) >= 11 is 3.49. The summed E-state index contributed by atoms with van der Waals surface area (Å²) in [6.07, 6.45) is 2.22. The fourth-order valence-electron chi connectivity index (χ4n) is 4.23. The quantitative estimate of drug-likeness (QED) is 0.573. The Balaban J connectivity index is 1.56. The molecule has 0 saturated carbocycles. The molecule has 2 fully saturated rings. The molecule has 0 atom stereocenters. The van der Waals surface area contributed by atoms with Gasteiger partial charge >= 0.3 is 0 Å². The first-order valence-corrected chi connectivity index (χ1v) is 11.5. The summed E-state index contributed by atoms with van der Waals surface area (Å²) in [7, 11) is 1.66. The minimum atomic E-state index is -0.514. The summed E-state index contributed by atoms with van der Waals surface area (Å²) in [4.78, 5) is 29.8. The number of halogens is 1. The fourth-order valence-corrected chi connectivity index (χ4v) is 4.49. The van der Waals surface area contributed by atoms with Gasteiger partial charge in [-0.05, 0) is 37.0 Å². The van der Waals surface area contributed by atoms with Crippen LogP contribution in [0.5, 0.6) is 0 Å². The molecular weight excluding hydrogens is 450 g/mol. The fraction of sp³-hybridized carbons (Fsp3) is 0.636. The lowest BCUT2D eigenvalue weighted by Crippen LogP contribution is -2.56. The van der Waals surface area contributed by atoms with E-state index in [0.29, 0.717) is 71.9 Å². The molecule has 2 amide bonds. The third-order valence-electron chi connectivity index (χ3n) is 6.03. The van der Waals surface area contributed by atoms with Crippen molar-refractivity contribution in [1.29, 1.82) is 0 Å². The molecule has 1 aromatic rings. The number of amides is 2. The monoisotopic (exact) mass is 481 g/mol.